The van der Waals surface area contributed by atoms with Crippen LogP contribution in [0.5, 0.6) is 0 Å². The highest BCUT2D eigenvalue weighted by Crippen LogP contribution is 2.12. The number of nitrogens with zero attached hydrogens (tertiary/aromatic N) is 1. The third-order valence-corrected chi connectivity index (χ3v) is 4.33. The Hall–Kier alpha value is -1.20. The molecule has 0 unspecified atom stereocenters. The van der Waals surface area contributed by atoms with Crippen molar-refractivity contribution in [3.05, 3.63) is 50.4 Å². The van der Waals surface area contributed by atoms with E-state index in [1.807, 2.05) is 31.2 Å². The Kier molecular flexibility index (Phi) is 5.73. The van der Waals surface area contributed by atoms with Crippen LogP contribution < -0.4 is 5.32 Å². The average molecular weight is 353 g/mol. The molecule has 1 aromatic carbocycles. The third kappa shape index (κ3) is 5.06. The summed E-state index contributed by atoms with van der Waals surface area (Å²) in [4.78, 5) is 16.2. The number of amides is 1. The number of nitrogens with one attached hydrogen (secondary N) is 1. The second-order valence-corrected chi connectivity index (χ2v) is 6.50. The van der Waals surface area contributed by atoms with E-state index in [1.165, 1.54) is 0 Å². The molecule has 0 saturated heterocycles. The van der Waals surface area contributed by atoms with E-state index in [9.17, 15) is 4.79 Å². The molecule has 1 heterocycles. The Bertz CT molecular complexity index is 583. The lowest BCUT2D eigenvalue weighted by molar-refractivity contribution is -0.120. The lowest BCUT2D eigenvalue weighted by Gasteiger charge is -2.05. The van der Waals surface area contributed by atoms with E-state index in [4.69, 9.17) is 0 Å². The molecular formula is C15H17BrN2OS. The van der Waals surface area contributed by atoms with Crippen LogP contribution in [-0.4, -0.2) is 17.4 Å². The minimum absolute atomic E-state index is 0.0680. The average Bonchev–Trinajstić information content (AvgIpc) is 2.80. The SMILES string of the molecule is Cc1csc(CCCNC(=O)Cc2cccc(Br)c2)n1. The number of hydrogen-bond acceptors (Lipinski definition) is 3. The molecule has 1 aromatic heterocycles. The predicted molar refractivity (Wildman–Crippen MR) is 86.0 cm³/mol. The maximum atomic E-state index is 11.8. The molecule has 0 spiro atoms. The van der Waals surface area contributed by atoms with Crippen LogP contribution in [0, 0.1) is 6.92 Å². The standard InChI is InChI=1S/C15H17BrN2OS/c1-11-10-20-15(18-11)6-3-7-17-14(19)9-12-4-2-5-13(16)8-12/h2,4-5,8,10H,3,6-7,9H2,1H3,(H,17,19). The summed E-state index contributed by atoms with van der Waals surface area (Å²) in [6, 6.07) is 7.83. The molecule has 5 heteroatoms. The third-order valence-electron chi connectivity index (χ3n) is 2.81. The lowest BCUT2D eigenvalue weighted by Crippen LogP contribution is -2.26. The molecule has 2 rings (SSSR count). The van der Waals surface area contributed by atoms with Gasteiger partial charge in [-0.3, -0.25) is 4.79 Å². The lowest BCUT2D eigenvalue weighted by atomic mass is 10.1. The van der Waals surface area contributed by atoms with Gasteiger partial charge < -0.3 is 5.32 Å². The quantitative estimate of drug-likeness (QED) is 0.808. The van der Waals surface area contributed by atoms with E-state index in [-0.39, 0.29) is 5.91 Å². The van der Waals surface area contributed by atoms with Crippen LogP contribution >= 0.6 is 27.3 Å². The Morgan fingerprint density at radius 2 is 2.30 bits per heavy atom. The molecule has 1 amide bonds. The fraction of sp³-hybridized carbons (Fsp3) is 0.333. The van der Waals surface area contributed by atoms with Crippen LogP contribution in [-0.2, 0) is 17.6 Å². The molecule has 0 aliphatic rings. The summed E-state index contributed by atoms with van der Waals surface area (Å²) in [6.45, 7) is 2.70. The van der Waals surface area contributed by atoms with Gasteiger partial charge in [0.1, 0.15) is 0 Å². The van der Waals surface area contributed by atoms with E-state index in [1.54, 1.807) is 11.3 Å². The van der Waals surface area contributed by atoms with E-state index < -0.39 is 0 Å². The maximum absolute atomic E-state index is 11.8. The monoisotopic (exact) mass is 352 g/mol. The van der Waals surface area contributed by atoms with Crippen LogP contribution in [0.4, 0.5) is 0 Å². The van der Waals surface area contributed by atoms with Crippen molar-refractivity contribution >= 4 is 33.2 Å². The van der Waals surface area contributed by atoms with E-state index in [0.29, 0.717) is 13.0 Å². The molecule has 106 valence electrons. The maximum Gasteiger partial charge on any atom is 0.224 e. The molecule has 2 aromatic rings. The second kappa shape index (κ2) is 7.55. The highest BCUT2D eigenvalue weighted by Gasteiger charge is 2.04. The number of aryl methyl sites for hydroxylation is 2. The molecule has 0 radical (unpaired) electrons. The molecule has 1 N–H and O–H groups in total. The van der Waals surface area contributed by atoms with Crippen LogP contribution in [0.2, 0.25) is 0 Å². The van der Waals surface area contributed by atoms with Gasteiger partial charge in [-0.25, -0.2) is 4.98 Å². The fourth-order valence-corrected chi connectivity index (χ4v) is 3.14. The molecule has 0 aliphatic heterocycles. The van der Waals surface area contributed by atoms with Crippen molar-refractivity contribution in [2.24, 2.45) is 0 Å². The molecule has 0 bridgehead atoms. The van der Waals surface area contributed by atoms with Gasteiger partial charge in [-0.05, 0) is 31.0 Å². The van der Waals surface area contributed by atoms with Crippen LogP contribution in [0.3, 0.4) is 0 Å². The molecule has 20 heavy (non-hydrogen) atoms. The smallest absolute Gasteiger partial charge is 0.224 e. The summed E-state index contributed by atoms with van der Waals surface area (Å²) in [6.07, 6.45) is 2.28. The van der Waals surface area contributed by atoms with Gasteiger partial charge in [0.2, 0.25) is 5.91 Å². The largest absolute Gasteiger partial charge is 0.356 e. The molecule has 0 aliphatic carbocycles. The van der Waals surface area contributed by atoms with Gasteiger partial charge in [0, 0.05) is 28.5 Å². The van der Waals surface area contributed by atoms with Crippen LogP contribution in [0.25, 0.3) is 0 Å². The van der Waals surface area contributed by atoms with Gasteiger partial charge in [-0.1, -0.05) is 28.1 Å². The molecular weight excluding hydrogens is 336 g/mol. The van der Waals surface area contributed by atoms with Crippen LogP contribution in [0.15, 0.2) is 34.1 Å². The van der Waals surface area contributed by atoms with Gasteiger partial charge in [-0.2, -0.15) is 0 Å². The number of thiazole rings is 1. The fourth-order valence-electron chi connectivity index (χ4n) is 1.88. The predicted octanol–water partition coefficient (Wildman–Crippen LogP) is 3.51. The van der Waals surface area contributed by atoms with Crippen molar-refractivity contribution in [2.75, 3.05) is 6.54 Å². The summed E-state index contributed by atoms with van der Waals surface area (Å²) in [5.74, 6) is 0.0680. The van der Waals surface area contributed by atoms with Gasteiger partial charge in [0.15, 0.2) is 0 Å². The zero-order valence-corrected chi connectivity index (χ0v) is 13.8. The Balaban J connectivity index is 1.67. The van der Waals surface area contributed by atoms with Crippen molar-refractivity contribution in [3.63, 3.8) is 0 Å². The summed E-state index contributed by atoms with van der Waals surface area (Å²) >= 11 is 5.09. The molecule has 3 nitrogen and oxygen atoms in total. The van der Waals surface area contributed by atoms with Gasteiger partial charge in [0.05, 0.1) is 11.4 Å². The summed E-state index contributed by atoms with van der Waals surface area (Å²) in [5.41, 5.74) is 2.09. The highest BCUT2D eigenvalue weighted by atomic mass is 79.9. The Morgan fingerprint density at radius 1 is 1.45 bits per heavy atom. The molecule has 0 fully saturated rings. The minimum Gasteiger partial charge on any atom is -0.356 e. The highest BCUT2D eigenvalue weighted by molar-refractivity contribution is 9.10. The first-order valence-electron chi connectivity index (χ1n) is 6.55. The number of carbonyl (C=O) groups excluding carboxylic acids is 1. The van der Waals surface area contributed by atoms with E-state index in [2.05, 4.69) is 31.6 Å². The van der Waals surface area contributed by atoms with Crippen molar-refractivity contribution in [3.8, 4) is 0 Å². The minimum atomic E-state index is 0.0680. The normalized spacial score (nSPS) is 10.5. The first kappa shape index (κ1) is 15.2. The summed E-state index contributed by atoms with van der Waals surface area (Å²) < 4.78 is 1.00. The second-order valence-electron chi connectivity index (χ2n) is 4.64. The number of carbonyl (C=O) groups is 1. The van der Waals surface area contributed by atoms with Crippen molar-refractivity contribution in [1.29, 1.82) is 0 Å². The molecule has 0 atom stereocenters. The molecule has 0 saturated carbocycles. The number of halogens is 1. The van der Waals surface area contributed by atoms with Gasteiger partial charge in [-0.15, -0.1) is 11.3 Å². The van der Waals surface area contributed by atoms with Crippen LogP contribution in [0.1, 0.15) is 22.7 Å². The van der Waals surface area contributed by atoms with Gasteiger partial charge >= 0.3 is 0 Å². The number of hydrogen-bond donors (Lipinski definition) is 1. The number of aromatic nitrogens is 1. The van der Waals surface area contributed by atoms with Crippen molar-refractivity contribution in [1.82, 2.24) is 10.3 Å². The zero-order chi connectivity index (χ0) is 14.4. The van der Waals surface area contributed by atoms with Crippen molar-refractivity contribution in [2.45, 2.75) is 26.2 Å². The summed E-state index contributed by atoms with van der Waals surface area (Å²) in [7, 11) is 0. The zero-order valence-electron chi connectivity index (χ0n) is 11.4. The Morgan fingerprint density at radius 3 is 3.00 bits per heavy atom. The van der Waals surface area contributed by atoms with E-state index >= 15 is 0 Å². The summed E-state index contributed by atoms with van der Waals surface area (Å²) in [5, 5.41) is 6.15. The first-order valence-corrected chi connectivity index (χ1v) is 8.23. The number of rotatable bonds is 6. The Labute approximate surface area is 131 Å². The van der Waals surface area contributed by atoms with Gasteiger partial charge in [0.25, 0.3) is 0 Å². The first-order chi connectivity index (χ1) is 9.63. The number of benzene rings is 1. The van der Waals surface area contributed by atoms with Crippen molar-refractivity contribution < 1.29 is 4.79 Å². The topological polar surface area (TPSA) is 42.0 Å². The van der Waals surface area contributed by atoms with E-state index in [0.717, 1.165) is 33.6 Å².